The third-order valence-electron chi connectivity index (χ3n) is 1.71. The molecule has 0 saturated heterocycles. The maximum atomic E-state index is 10.9. The Kier molecular flexibility index (Phi) is 4.21. The zero-order chi connectivity index (χ0) is 10.2. The molecule has 0 saturated carbocycles. The Hall–Kier alpha value is -1.83. The summed E-state index contributed by atoms with van der Waals surface area (Å²) in [5.41, 5.74) is 0. The van der Waals surface area contributed by atoms with Crippen molar-refractivity contribution in [2.45, 2.75) is 19.4 Å². The van der Waals surface area contributed by atoms with Crippen LogP contribution in [-0.4, -0.2) is 22.0 Å². The summed E-state index contributed by atoms with van der Waals surface area (Å²) in [7, 11) is 0. The van der Waals surface area contributed by atoms with Crippen molar-refractivity contribution in [1.29, 1.82) is 5.26 Å². The maximum Gasteiger partial charge on any atom is 0.234 e. The maximum absolute atomic E-state index is 10.9. The van der Waals surface area contributed by atoms with E-state index in [1.54, 1.807) is 18.6 Å². The Morgan fingerprint density at radius 1 is 1.64 bits per heavy atom. The highest BCUT2D eigenvalue weighted by Gasteiger charge is 1.97. The number of nitriles is 1. The van der Waals surface area contributed by atoms with Crippen molar-refractivity contribution in [3.63, 3.8) is 0 Å². The minimum absolute atomic E-state index is 0.0644. The summed E-state index contributed by atoms with van der Waals surface area (Å²) in [5, 5.41) is 10.9. The number of aryl methyl sites for hydroxylation is 1. The fourth-order valence-electron chi connectivity index (χ4n) is 1.04. The van der Waals surface area contributed by atoms with E-state index in [4.69, 9.17) is 5.26 Å². The van der Waals surface area contributed by atoms with E-state index in [0.29, 0.717) is 6.54 Å². The van der Waals surface area contributed by atoms with Gasteiger partial charge in [0.25, 0.3) is 0 Å². The Balaban J connectivity index is 2.06. The Morgan fingerprint density at radius 3 is 3.14 bits per heavy atom. The number of nitrogens with one attached hydrogen (secondary N) is 1. The van der Waals surface area contributed by atoms with Crippen LogP contribution >= 0.6 is 0 Å². The van der Waals surface area contributed by atoms with Crippen LogP contribution in [0.4, 0.5) is 0 Å². The Morgan fingerprint density at radius 2 is 2.50 bits per heavy atom. The van der Waals surface area contributed by atoms with Gasteiger partial charge in [0.2, 0.25) is 5.91 Å². The molecular weight excluding hydrogens is 180 g/mol. The highest BCUT2D eigenvalue weighted by atomic mass is 16.1. The number of rotatable bonds is 5. The number of hydrogen-bond acceptors (Lipinski definition) is 3. The lowest BCUT2D eigenvalue weighted by Crippen LogP contribution is -2.24. The molecule has 1 heterocycles. The minimum Gasteiger partial charge on any atom is -0.355 e. The summed E-state index contributed by atoms with van der Waals surface area (Å²) in [6, 6.07) is 1.79. The third kappa shape index (κ3) is 3.72. The summed E-state index contributed by atoms with van der Waals surface area (Å²) in [6.07, 6.45) is 6.10. The smallest absolute Gasteiger partial charge is 0.234 e. The monoisotopic (exact) mass is 192 g/mol. The number of amides is 1. The van der Waals surface area contributed by atoms with Gasteiger partial charge < -0.3 is 9.88 Å². The van der Waals surface area contributed by atoms with Gasteiger partial charge in [-0.05, 0) is 6.42 Å². The van der Waals surface area contributed by atoms with Crippen LogP contribution in [0, 0.1) is 11.3 Å². The van der Waals surface area contributed by atoms with E-state index in [1.165, 1.54) is 0 Å². The molecule has 1 amide bonds. The number of hydrogen-bond donors (Lipinski definition) is 1. The molecule has 5 nitrogen and oxygen atoms in total. The van der Waals surface area contributed by atoms with Crippen LogP contribution in [0.5, 0.6) is 0 Å². The minimum atomic E-state index is -0.210. The van der Waals surface area contributed by atoms with E-state index in [-0.39, 0.29) is 12.3 Å². The molecule has 0 aliphatic carbocycles. The summed E-state index contributed by atoms with van der Waals surface area (Å²) >= 11 is 0. The lowest BCUT2D eigenvalue weighted by molar-refractivity contribution is -0.120. The molecule has 14 heavy (non-hydrogen) atoms. The van der Waals surface area contributed by atoms with Gasteiger partial charge in [-0.3, -0.25) is 4.79 Å². The van der Waals surface area contributed by atoms with Crippen LogP contribution in [-0.2, 0) is 11.3 Å². The second-order valence-electron chi connectivity index (χ2n) is 2.84. The van der Waals surface area contributed by atoms with E-state index in [0.717, 1.165) is 13.0 Å². The van der Waals surface area contributed by atoms with Crippen molar-refractivity contribution in [2.24, 2.45) is 0 Å². The molecule has 1 aromatic heterocycles. The summed E-state index contributed by atoms with van der Waals surface area (Å²) < 4.78 is 1.94. The van der Waals surface area contributed by atoms with Gasteiger partial charge in [0, 0.05) is 25.5 Å². The summed E-state index contributed by atoms with van der Waals surface area (Å²) in [6.45, 7) is 1.42. The number of carbonyl (C=O) groups excluding carboxylic acids is 1. The molecule has 0 aromatic carbocycles. The van der Waals surface area contributed by atoms with Crippen molar-refractivity contribution in [1.82, 2.24) is 14.9 Å². The van der Waals surface area contributed by atoms with Gasteiger partial charge in [0.15, 0.2) is 0 Å². The lowest BCUT2D eigenvalue weighted by atomic mass is 10.4. The van der Waals surface area contributed by atoms with Gasteiger partial charge in [-0.2, -0.15) is 5.26 Å². The molecule has 1 aromatic rings. The highest BCUT2D eigenvalue weighted by molar-refractivity contribution is 5.77. The van der Waals surface area contributed by atoms with E-state index in [2.05, 4.69) is 10.3 Å². The number of aromatic nitrogens is 2. The molecule has 0 spiro atoms. The van der Waals surface area contributed by atoms with E-state index in [1.807, 2.05) is 10.8 Å². The predicted octanol–water partition coefficient (Wildman–Crippen LogP) is 0.303. The second-order valence-corrected chi connectivity index (χ2v) is 2.84. The third-order valence-corrected chi connectivity index (χ3v) is 1.71. The fraction of sp³-hybridized carbons (Fsp3) is 0.444. The van der Waals surface area contributed by atoms with Gasteiger partial charge in [-0.1, -0.05) is 0 Å². The van der Waals surface area contributed by atoms with E-state index < -0.39 is 0 Å². The zero-order valence-electron chi connectivity index (χ0n) is 7.81. The average molecular weight is 192 g/mol. The molecule has 0 aliphatic heterocycles. The van der Waals surface area contributed by atoms with E-state index in [9.17, 15) is 4.79 Å². The molecule has 0 bridgehead atoms. The van der Waals surface area contributed by atoms with Gasteiger partial charge in [-0.25, -0.2) is 4.98 Å². The number of nitrogens with zero attached hydrogens (tertiary/aromatic N) is 3. The lowest BCUT2D eigenvalue weighted by Gasteiger charge is -2.03. The van der Waals surface area contributed by atoms with Crippen LogP contribution < -0.4 is 5.32 Å². The van der Waals surface area contributed by atoms with Crippen LogP contribution in [0.2, 0.25) is 0 Å². The topological polar surface area (TPSA) is 70.7 Å². The zero-order valence-corrected chi connectivity index (χ0v) is 7.81. The van der Waals surface area contributed by atoms with Gasteiger partial charge in [-0.15, -0.1) is 0 Å². The van der Waals surface area contributed by atoms with Crippen LogP contribution in [0.25, 0.3) is 0 Å². The average Bonchev–Trinajstić information content (AvgIpc) is 2.65. The standard InChI is InChI=1S/C9H12N4O/c10-3-2-9(14)12-4-1-6-13-7-5-11-8-13/h5,7-8H,1-2,4,6H2,(H,12,14). The molecular formula is C9H12N4O. The molecule has 0 aliphatic rings. The van der Waals surface area contributed by atoms with Crippen molar-refractivity contribution in [3.8, 4) is 6.07 Å². The molecule has 5 heteroatoms. The molecule has 1 N–H and O–H groups in total. The molecule has 0 atom stereocenters. The Bertz CT molecular complexity index is 312. The molecule has 0 fully saturated rings. The van der Waals surface area contributed by atoms with Crippen molar-refractivity contribution in [3.05, 3.63) is 18.7 Å². The highest BCUT2D eigenvalue weighted by Crippen LogP contribution is 1.89. The molecule has 0 radical (unpaired) electrons. The largest absolute Gasteiger partial charge is 0.355 e. The number of imidazole rings is 1. The van der Waals surface area contributed by atoms with Crippen LogP contribution in [0.1, 0.15) is 12.8 Å². The first-order valence-corrected chi connectivity index (χ1v) is 4.42. The second kappa shape index (κ2) is 5.75. The summed E-state index contributed by atoms with van der Waals surface area (Å²) in [5.74, 6) is -0.210. The molecule has 0 unspecified atom stereocenters. The first-order chi connectivity index (χ1) is 6.83. The first-order valence-electron chi connectivity index (χ1n) is 4.42. The molecule has 74 valence electrons. The van der Waals surface area contributed by atoms with Crippen molar-refractivity contribution in [2.75, 3.05) is 6.54 Å². The van der Waals surface area contributed by atoms with Crippen LogP contribution in [0.15, 0.2) is 18.7 Å². The number of carbonyl (C=O) groups is 1. The van der Waals surface area contributed by atoms with E-state index >= 15 is 0 Å². The van der Waals surface area contributed by atoms with Crippen molar-refractivity contribution >= 4 is 5.91 Å². The fourth-order valence-corrected chi connectivity index (χ4v) is 1.04. The van der Waals surface area contributed by atoms with Crippen molar-refractivity contribution < 1.29 is 4.79 Å². The SMILES string of the molecule is N#CCC(=O)NCCCn1ccnc1. The predicted molar refractivity (Wildman–Crippen MR) is 50.1 cm³/mol. The van der Waals surface area contributed by atoms with Gasteiger partial charge in [0.05, 0.1) is 12.4 Å². The first kappa shape index (κ1) is 10.3. The van der Waals surface area contributed by atoms with Gasteiger partial charge >= 0.3 is 0 Å². The van der Waals surface area contributed by atoms with Gasteiger partial charge in [0.1, 0.15) is 6.42 Å². The van der Waals surface area contributed by atoms with Crippen LogP contribution in [0.3, 0.4) is 0 Å². The quantitative estimate of drug-likeness (QED) is 0.682. The summed E-state index contributed by atoms with van der Waals surface area (Å²) in [4.78, 5) is 14.7. The molecule has 1 rings (SSSR count). The normalized spacial score (nSPS) is 9.36. The Labute approximate surface area is 82.4 Å².